The van der Waals surface area contributed by atoms with Gasteiger partial charge in [-0.1, -0.05) is 13.8 Å². The van der Waals surface area contributed by atoms with Crippen molar-refractivity contribution in [1.29, 1.82) is 0 Å². The lowest BCUT2D eigenvalue weighted by Gasteiger charge is -2.09. The SMILES string of the molecule is Cc1c(C(=O)NCC(C)C)cc([N+](=O)[O-])cc1[N+](=O)[O-]. The molecule has 1 rings (SSSR count). The number of rotatable bonds is 5. The van der Waals surface area contributed by atoms with Crippen molar-refractivity contribution in [2.75, 3.05) is 6.54 Å². The van der Waals surface area contributed by atoms with Crippen LogP contribution in [0.3, 0.4) is 0 Å². The lowest BCUT2D eigenvalue weighted by atomic mass is 10.0. The standard InChI is InChI=1S/C12H15N3O5/c1-7(2)6-13-12(16)10-4-9(14(17)18)5-11(8(10)3)15(19)20/h4-5,7H,6H2,1-3H3,(H,13,16). The minimum Gasteiger partial charge on any atom is -0.352 e. The predicted molar refractivity (Wildman–Crippen MR) is 71.7 cm³/mol. The molecule has 8 nitrogen and oxygen atoms in total. The third kappa shape index (κ3) is 3.50. The first kappa shape index (κ1) is 15.5. The first-order valence-corrected chi connectivity index (χ1v) is 5.95. The van der Waals surface area contributed by atoms with Crippen molar-refractivity contribution in [3.63, 3.8) is 0 Å². The van der Waals surface area contributed by atoms with E-state index in [9.17, 15) is 25.0 Å². The maximum atomic E-state index is 12.0. The van der Waals surface area contributed by atoms with Crippen molar-refractivity contribution in [2.24, 2.45) is 5.92 Å². The molecular formula is C12H15N3O5. The maximum Gasteiger partial charge on any atom is 0.279 e. The van der Waals surface area contributed by atoms with Crippen molar-refractivity contribution in [1.82, 2.24) is 5.32 Å². The Morgan fingerprint density at radius 3 is 2.30 bits per heavy atom. The lowest BCUT2D eigenvalue weighted by Crippen LogP contribution is -2.28. The normalized spacial score (nSPS) is 10.4. The Bertz CT molecular complexity index is 568. The Labute approximate surface area is 115 Å². The molecule has 0 saturated carbocycles. The zero-order valence-electron chi connectivity index (χ0n) is 11.4. The summed E-state index contributed by atoms with van der Waals surface area (Å²) in [4.78, 5) is 32.1. The quantitative estimate of drug-likeness (QED) is 0.656. The zero-order chi connectivity index (χ0) is 15.4. The molecule has 1 amide bonds. The largest absolute Gasteiger partial charge is 0.352 e. The molecule has 20 heavy (non-hydrogen) atoms. The number of carbonyl (C=O) groups excluding carboxylic acids is 1. The summed E-state index contributed by atoms with van der Waals surface area (Å²) in [5.74, 6) is -0.351. The van der Waals surface area contributed by atoms with Crippen LogP contribution in [0.2, 0.25) is 0 Å². The molecule has 0 aliphatic rings. The van der Waals surface area contributed by atoms with Crippen LogP contribution in [-0.4, -0.2) is 22.3 Å². The fourth-order valence-corrected chi connectivity index (χ4v) is 1.61. The lowest BCUT2D eigenvalue weighted by molar-refractivity contribution is -0.394. The minimum atomic E-state index is -0.758. The summed E-state index contributed by atoms with van der Waals surface area (Å²) in [6, 6.07) is 1.91. The van der Waals surface area contributed by atoms with Crippen molar-refractivity contribution in [3.05, 3.63) is 43.5 Å². The second-order valence-corrected chi connectivity index (χ2v) is 4.76. The van der Waals surface area contributed by atoms with Gasteiger partial charge in [-0.25, -0.2) is 0 Å². The first-order chi connectivity index (χ1) is 9.23. The van der Waals surface area contributed by atoms with Crippen LogP contribution in [0.25, 0.3) is 0 Å². The number of hydrogen-bond donors (Lipinski definition) is 1. The number of benzene rings is 1. The second kappa shape index (κ2) is 6.09. The fraction of sp³-hybridized carbons (Fsp3) is 0.417. The number of carbonyl (C=O) groups is 1. The van der Waals surface area contributed by atoms with E-state index in [2.05, 4.69) is 5.32 Å². The van der Waals surface area contributed by atoms with Gasteiger partial charge in [-0.05, 0) is 12.8 Å². The van der Waals surface area contributed by atoms with Crippen LogP contribution >= 0.6 is 0 Å². The number of non-ortho nitro benzene ring substituents is 1. The van der Waals surface area contributed by atoms with E-state index >= 15 is 0 Å². The number of amides is 1. The van der Waals surface area contributed by atoms with Crippen molar-refractivity contribution in [3.8, 4) is 0 Å². The Balaban J connectivity index is 3.27. The van der Waals surface area contributed by atoms with Gasteiger partial charge < -0.3 is 5.32 Å². The van der Waals surface area contributed by atoms with Gasteiger partial charge in [-0.2, -0.15) is 0 Å². The van der Waals surface area contributed by atoms with Crippen LogP contribution in [0.5, 0.6) is 0 Å². The summed E-state index contributed by atoms with van der Waals surface area (Å²) in [6.45, 7) is 5.56. The molecule has 0 fully saturated rings. The molecule has 1 aromatic rings. The van der Waals surface area contributed by atoms with Crippen molar-refractivity contribution in [2.45, 2.75) is 20.8 Å². The van der Waals surface area contributed by atoms with Gasteiger partial charge >= 0.3 is 0 Å². The van der Waals surface area contributed by atoms with Crippen molar-refractivity contribution >= 4 is 17.3 Å². The number of nitro groups is 2. The molecular weight excluding hydrogens is 266 g/mol. The van der Waals surface area contributed by atoms with Gasteiger partial charge in [0, 0.05) is 18.2 Å². The van der Waals surface area contributed by atoms with Crippen LogP contribution in [0, 0.1) is 33.1 Å². The smallest absolute Gasteiger partial charge is 0.279 e. The summed E-state index contributed by atoms with van der Waals surface area (Å²) in [5, 5.41) is 24.3. The first-order valence-electron chi connectivity index (χ1n) is 5.95. The highest BCUT2D eigenvalue weighted by Gasteiger charge is 2.24. The van der Waals surface area contributed by atoms with Gasteiger partial charge in [-0.3, -0.25) is 25.0 Å². The van der Waals surface area contributed by atoms with Crippen molar-refractivity contribution < 1.29 is 14.6 Å². The van der Waals surface area contributed by atoms with E-state index in [1.807, 2.05) is 13.8 Å². The van der Waals surface area contributed by atoms with Gasteiger partial charge in [-0.15, -0.1) is 0 Å². The zero-order valence-corrected chi connectivity index (χ0v) is 11.4. The molecule has 8 heteroatoms. The van der Waals surface area contributed by atoms with Crippen LogP contribution in [0.1, 0.15) is 29.8 Å². The average Bonchev–Trinajstić information content (AvgIpc) is 2.35. The van der Waals surface area contributed by atoms with Crippen LogP contribution in [0.15, 0.2) is 12.1 Å². The van der Waals surface area contributed by atoms with Crippen LogP contribution < -0.4 is 5.32 Å². The number of hydrogen-bond acceptors (Lipinski definition) is 5. The van der Waals surface area contributed by atoms with E-state index in [4.69, 9.17) is 0 Å². The Hall–Kier alpha value is -2.51. The summed E-state index contributed by atoms with van der Waals surface area (Å²) in [6.07, 6.45) is 0. The molecule has 0 spiro atoms. The Kier molecular flexibility index (Phi) is 4.73. The monoisotopic (exact) mass is 281 g/mol. The third-order valence-corrected chi connectivity index (χ3v) is 2.69. The highest BCUT2D eigenvalue weighted by molar-refractivity contribution is 5.97. The number of nitrogens with zero attached hydrogens (tertiary/aromatic N) is 2. The highest BCUT2D eigenvalue weighted by atomic mass is 16.6. The van der Waals surface area contributed by atoms with Gasteiger partial charge in [0.1, 0.15) is 0 Å². The van der Waals surface area contributed by atoms with Gasteiger partial charge in [0.2, 0.25) is 0 Å². The average molecular weight is 281 g/mol. The summed E-state index contributed by atoms with van der Waals surface area (Å²) in [5.41, 5.74) is -0.848. The number of nitro benzene ring substituents is 2. The highest BCUT2D eigenvalue weighted by Crippen LogP contribution is 2.27. The predicted octanol–water partition coefficient (Wildman–Crippen LogP) is 2.20. The molecule has 0 saturated heterocycles. The fourth-order valence-electron chi connectivity index (χ4n) is 1.61. The topological polar surface area (TPSA) is 115 Å². The van der Waals surface area contributed by atoms with Crippen LogP contribution in [-0.2, 0) is 0 Å². The molecule has 0 unspecified atom stereocenters. The molecule has 0 heterocycles. The molecule has 108 valence electrons. The summed E-state index contributed by atoms with van der Waals surface area (Å²) in [7, 11) is 0. The van der Waals surface area contributed by atoms with E-state index < -0.39 is 27.1 Å². The minimum absolute atomic E-state index is 0.0495. The Morgan fingerprint density at radius 2 is 1.85 bits per heavy atom. The van der Waals surface area contributed by atoms with E-state index in [1.165, 1.54) is 6.92 Å². The van der Waals surface area contributed by atoms with E-state index in [1.54, 1.807) is 0 Å². The summed E-state index contributed by atoms with van der Waals surface area (Å²) < 4.78 is 0. The number of nitrogens with one attached hydrogen (secondary N) is 1. The summed E-state index contributed by atoms with van der Waals surface area (Å²) >= 11 is 0. The van der Waals surface area contributed by atoms with E-state index in [0.29, 0.717) is 6.54 Å². The molecule has 1 aromatic carbocycles. The second-order valence-electron chi connectivity index (χ2n) is 4.76. The van der Waals surface area contributed by atoms with E-state index in [-0.39, 0.29) is 17.0 Å². The van der Waals surface area contributed by atoms with E-state index in [0.717, 1.165) is 12.1 Å². The molecule has 0 radical (unpaired) electrons. The molecule has 0 aliphatic heterocycles. The van der Waals surface area contributed by atoms with Gasteiger partial charge in [0.05, 0.1) is 21.5 Å². The maximum absolute atomic E-state index is 12.0. The molecule has 0 aliphatic carbocycles. The van der Waals surface area contributed by atoms with Gasteiger partial charge in [0.15, 0.2) is 0 Å². The Morgan fingerprint density at radius 1 is 1.25 bits per heavy atom. The molecule has 0 atom stereocenters. The third-order valence-electron chi connectivity index (χ3n) is 2.69. The van der Waals surface area contributed by atoms with Gasteiger partial charge in [0.25, 0.3) is 17.3 Å². The molecule has 0 bridgehead atoms. The van der Waals surface area contributed by atoms with Crippen LogP contribution in [0.4, 0.5) is 11.4 Å². The molecule has 1 N–H and O–H groups in total. The molecule has 0 aromatic heterocycles.